The fourth-order valence-corrected chi connectivity index (χ4v) is 2.88. The van der Waals surface area contributed by atoms with Crippen LogP contribution in [0.25, 0.3) is 16.7 Å². The average molecular weight is 353 g/mol. The zero-order valence-electron chi connectivity index (χ0n) is 12.0. The smallest absolute Gasteiger partial charge is 0.416 e. The van der Waals surface area contributed by atoms with Crippen LogP contribution in [-0.4, -0.2) is 31.4 Å². The van der Waals surface area contributed by atoms with Crippen LogP contribution >= 0.6 is 11.8 Å². The van der Waals surface area contributed by atoms with Crippen LogP contribution in [0.3, 0.4) is 0 Å². The van der Waals surface area contributed by atoms with Crippen molar-refractivity contribution >= 4 is 28.6 Å². The molecule has 9 heteroatoms. The Kier molecular flexibility index (Phi) is 4.18. The number of hydrogen-bond donors (Lipinski definition) is 1. The molecular formula is C15H10F3N3O2S. The Labute approximate surface area is 138 Å². The predicted molar refractivity (Wildman–Crippen MR) is 82.2 cm³/mol. The summed E-state index contributed by atoms with van der Waals surface area (Å²) < 4.78 is 40.3. The first-order valence-electron chi connectivity index (χ1n) is 6.70. The number of benzene rings is 1. The highest BCUT2D eigenvalue weighted by molar-refractivity contribution is 8.00. The maximum atomic E-state index is 12.9. The van der Waals surface area contributed by atoms with Crippen molar-refractivity contribution in [1.82, 2.24) is 14.5 Å². The van der Waals surface area contributed by atoms with E-state index in [4.69, 9.17) is 5.11 Å². The van der Waals surface area contributed by atoms with E-state index in [0.29, 0.717) is 15.9 Å². The molecule has 0 aliphatic rings. The highest BCUT2D eigenvalue weighted by atomic mass is 32.2. The Morgan fingerprint density at radius 2 is 1.96 bits per heavy atom. The van der Waals surface area contributed by atoms with E-state index in [9.17, 15) is 18.0 Å². The van der Waals surface area contributed by atoms with Gasteiger partial charge in [0.25, 0.3) is 0 Å². The first kappa shape index (κ1) is 16.3. The predicted octanol–water partition coefficient (Wildman–Crippen LogP) is 3.62. The molecule has 2 aromatic heterocycles. The molecule has 2 heterocycles. The van der Waals surface area contributed by atoms with E-state index in [1.54, 1.807) is 12.3 Å². The van der Waals surface area contributed by atoms with Crippen LogP contribution in [0.2, 0.25) is 0 Å². The summed E-state index contributed by atoms with van der Waals surface area (Å²) in [5.41, 5.74) is -0.443. The lowest BCUT2D eigenvalue weighted by atomic mass is 10.1. The molecule has 1 N–H and O–H groups in total. The molecule has 5 nitrogen and oxygen atoms in total. The van der Waals surface area contributed by atoms with E-state index in [2.05, 4.69) is 9.97 Å². The van der Waals surface area contributed by atoms with Crippen molar-refractivity contribution in [2.45, 2.75) is 11.2 Å². The second-order valence-corrected chi connectivity index (χ2v) is 5.79. The number of carboxylic acids is 1. The minimum absolute atomic E-state index is 0.224. The van der Waals surface area contributed by atoms with Gasteiger partial charge in [-0.05, 0) is 18.2 Å². The van der Waals surface area contributed by atoms with Gasteiger partial charge in [0.15, 0.2) is 5.82 Å². The summed E-state index contributed by atoms with van der Waals surface area (Å²) in [5, 5.41) is 9.74. The monoisotopic (exact) mass is 353 g/mol. The maximum absolute atomic E-state index is 12.9. The number of nitrogens with zero attached hydrogens (tertiary/aromatic N) is 3. The lowest BCUT2D eigenvalue weighted by molar-refractivity contribution is -0.137. The summed E-state index contributed by atoms with van der Waals surface area (Å²) >= 11 is 0.955. The molecule has 0 saturated carbocycles. The second kappa shape index (κ2) is 6.16. The lowest BCUT2D eigenvalue weighted by Gasteiger charge is -2.10. The zero-order valence-corrected chi connectivity index (χ0v) is 12.8. The highest BCUT2D eigenvalue weighted by Crippen LogP contribution is 2.33. The summed E-state index contributed by atoms with van der Waals surface area (Å²) in [6.45, 7) is 0. The van der Waals surface area contributed by atoms with Crippen LogP contribution in [0.15, 0.2) is 47.9 Å². The van der Waals surface area contributed by atoms with Gasteiger partial charge in [-0.25, -0.2) is 9.97 Å². The third-order valence-corrected chi connectivity index (χ3v) is 4.18. The molecule has 0 spiro atoms. The van der Waals surface area contributed by atoms with Gasteiger partial charge in [-0.15, -0.1) is 0 Å². The Bertz CT molecular complexity index is 908. The van der Waals surface area contributed by atoms with Gasteiger partial charge in [0.05, 0.1) is 16.8 Å². The van der Waals surface area contributed by atoms with Gasteiger partial charge in [-0.3, -0.25) is 9.36 Å². The standard InChI is InChI=1S/C15H10F3N3O2S/c16-15(17,18)10-2-1-9-3-6-21(11(9)7-10)13-14(20-5-4-19-13)24-8-12(22)23/h1-7H,8H2,(H,22,23). The number of halogens is 3. The van der Waals surface area contributed by atoms with Crippen LogP contribution in [0.5, 0.6) is 0 Å². The van der Waals surface area contributed by atoms with Gasteiger partial charge in [-0.2, -0.15) is 13.2 Å². The highest BCUT2D eigenvalue weighted by Gasteiger charge is 2.30. The summed E-state index contributed by atoms with van der Waals surface area (Å²) in [5.74, 6) is -0.954. The van der Waals surface area contributed by atoms with Gasteiger partial charge < -0.3 is 5.11 Å². The van der Waals surface area contributed by atoms with Crippen molar-refractivity contribution in [2.75, 3.05) is 5.75 Å². The van der Waals surface area contributed by atoms with E-state index >= 15 is 0 Å². The van der Waals surface area contributed by atoms with Gasteiger partial charge in [0.1, 0.15) is 5.03 Å². The third-order valence-electron chi connectivity index (χ3n) is 3.23. The molecule has 0 aliphatic heterocycles. The molecule has 0 atom stereocenters. The van der Waals surface area contributed by atoms with Gasteiger partial charge in [0.2, 0.25) is 0 Å². The molecule has 124 valence electrons. The van der Waals surface area contributed by atoms with Crippen molar-refractivity contribution in [2.24, 2.45) is 0 Å². The molecule has 1 aromatic carbocycles. The molecule has 0 unspecified atom stereocenters. The van der Waals surface area contributed by atoms with Gasteiger partial charge in [0, 0.05) is 24.0 Å². The topological polar surface area (TPSA) is 68.0 Å². The third kappa shape index (κ3) is 3.21. The fourth-order valence-electron chi connectivity index (χ4n) is 2.20. The summed E-state index contributed by atoms with van der Waals surface area (Å²) in [6.07, 6.45) is -0.0632. The van der Waals surface area contributed by atoms with E-state index in [1.807, 2.05) is 0 Å². The molecule has 0 fully saturated rings. The number of aromatic nitrogens is 3. The summed E-state index contributed by atoms with van der Waals surface area (Å²) in [6, 6.07) is 5.10. The quantitative estimate of drug-likeness (QED) is 0.726. The fraction of sp³-hybridized carbons (Fsp3) is 0.133. The average Bonchev–Trinajstić information content (AvgIpc) is 2.95. The Morgan fingerprint density at radius 1 is 1.21 bits per heavy atom. The maximum Gasteiger partial charge on any atom is 0.416 e. The van der Waals surface area contributed by atoms with E-state index < -0.39 is 17.7 Å². The molecule has 0 amide bonds. The van der Waals surface area contributed by atoms with Crippen molar-refractivity contribution < 1.29 is 23.1 Å². The van der Waals surface area contributed by atoms with Crippen LogP contribution in [0.1, 0.15) is 5.56 Å². The van der Waals surface area contributed by atoms with Crippen molar-refractivity contribution in [1.29, 1.82) is 0 Å². The molecule has 3 aromatic rings. The number of carbonyl (C=O) groups is 1. The van der Waals surface area contributed by atoms with Crippen molar-refractivity contribution in [3.8, 4) is 5.82 Å². The summed E-state index contributed by atoms with van der Waals surface area (Å²) in [7, 11) is 0. The number of alkyl halides is 3. The molecule has 0 bridgehead atoms. The van der Waals surface area contributed by atoms with Crippen LogP contribution in [0.4, 0.5) is 13.2 Å². The van der Waals surface area contributed by atoms with E-state index in [0.717, 1.165) is 23.9 Å². The van der Waals surface area contributed by atoms with Crippen LogP contribution in [0, 0.1) is 0 Å². The van der Waals surface area contributed by atoms with E-state index in [-0.39, 0.29) is 11.6 Å². The summed E-state index contributed by atoms with van der Waals surface area (Å²) in [4.78, 5) is 19.0. The zero-order chi connectivity index (χ0) is 17.3. The number of fused-ring (bicyclic) bond motifs is 1. The van der Waals surface area contributed by atoms with Gasteiger partial charge in [-0.1, -0.05) is 17.8 Å². The number of rotatable bonds is 4. The molecule has 0 aliphatic carbocycles. The largest absolute Gasteiger partial charge is 0.481 e. The van der Waals surface area contributed by atoms with Crippen LogP contribution in [-0.2, 0) is 11.0 Å². The Morgan fingerprint density at radius 3 is 2.67 bits per heavy atom. The lowest BCUT2D eigenvalue weighted by Crippen LogP contribution is -2.06. The van der Waals surface area contributed by atoms with Gasteiger partial charge >= 0.3 is 12.1 Å². The number of hydrogen-bond acceptors (Lipinski definition) is 4. The Balaban J connectivity index is 2.11. The minimum atomic E-state index is -4.45. The first-order valence-corrected chi connectivity index (χ1v) is 7.69. The second-order valence-electron chi connectivity index (χ2n) is 4.82. The Hall–Kier alpha value is -2.55. The SMILES string of the molecule is O=C(O)CSc1nccnc1-n1ccc2ccc(C(F)(F)F)cc21. The molecule has 0 radical (unpaired) electrons. The molecular weight excluding hydrogens is 343 g/mol. The normalized spacial score (nSPS) is 11.8. The first-order chi connectivity index (χ1) is 11.4. The number of thioether (sulfide) groups is 1. The molecule has 3 rings (SSSR count). The number of aliphatic carboxylic acids is 1. The minimum Gasteiger partial charge on any atom is -0.481 e. The van der Waals surface area contributed by atoms with Crippen molar-refractivity contribution in [3.63, 3.8) is 0 Å². The van der Waals surface area contributed by atoms with Crippen LogP contribution < -0.4 is 0 Å². The number of carboxylic acid groups (broad SMARTS) is 1. The molecule has 0 saturated heterocycles. The van der Waals surface area contributed by atoms with E-state index in [1.165, 1.54) is 23.0 Å². The molecule has 24 heavy (non-hydrogen) atoms. The van der Waals surface area contributed by atoms with Crippen molar-refractivity contribution in [3.05, 3.63) is 48.4 Å².